The molecule has 0 fully saturated rings. The molecular weight excluding hydrogens is 446 g/mol. The van der Waals surface area contributed by atoms with E-state index in [4.69, 9.17) is 4.74 Å². The predicted octanol–water partition coefficient (Wildman–Crippen LogP) is 2.26. The van der Waals surface area contributed by atoms with E-state index in [1.54, 1.807) is 50.2 Å². The molecule has 2 aromatic carbocycles. The zero-order chi connectivity index (χ0) is 24.0. The SMILES string of the molecule is CCN(CC)S(=O)(=O)c1ccc(C=CC(=O)OCC(=O)N2CC(=O)Nc3ccccc32)cc1. The molecule has 10 heteroatoms. The van der Waals surface area contributed by atoms with Gasteiger partial charge in [0.25, 0.3) is 5.91 Å². The van der Waals surface area contributed by atoms with E-state index in [9.17, 15) is 22.8 Å². The minimum Gasteiger partial charge on any atom is -0.452 e. The number of ether oxygens (including phenoxy) is 1. The maximum Gasteiger partial charge on any atom is 0.331 e. The quantitative estimate of drug-likeness (QED) is 0.467. The first-order chi connectivity index (χ1) is 15.8. The highest BCUT2D eigenvalue weighted by Crippen LogP contribution is 2.28. The average Bonchev–Trinajstić information content (AvgIpc) is 2.81. The summed E-state index contributed by atoms with van der Waals surface area (Å²) in [5, 5.41) is 2.68. The smallest absolute Gasteiger partial charge is 0.331 e. The highest BCUT2D eigenvalue weighted by Gasteiger charge is 2.27. The summed E-state index contributed by atoms with van der Waals surface area (Å²) in [4.78, 5) is 37.8. The van der Waals surface area contributed by atoms with Crippen molar-refractivity contribution in [2.75, 3.05) is 36.5 Å². The Hall–Kier alpha value is -3.50. The van der Waals surface area contributed by atoms with Gasteiger partial charge in [-0.2, -0.15) is 4.31 Å². The van der Waals surface area contributed by atoms with E-state index in [1.807, 2.05) is 0 Å². The van der Waals surface area contributed by atoms with E-state index in [-0.39, 0.29) is 17.3 Å². The summed E-state index contributed by atoms with van der Waals surface area (Å²) >= 11 is 0. The fraction of sp³-hybridized carbons (Fsp3) is 0.261. The van der Waals surface area contributed by atoms with E-state index in [2.05, 4.69) is 5.32 Å². The number of hydrogen-bond donors (Lipinski definition) is 1. The van der Waals surface area contributed by atoms with Crippen molar-refractivity contribution in [3.63, 3.8) is 0 Å². The summed E-state index contributed by atoms with van der Waals surface area (Å²) in [5.41, 5.74) is 1.65. The monoisotopic (exact) mass is 471 g/mol. The molecule has 2 amide bonds. The number of carbonyl (C=O) groups excluding carboxylic acids is 3. The molecule has 0 aromatic heterocycles. The number of sulfonamides is 1. The Bertz CT molecular complexity index is 1170. The van der Waals surface area contributed by atoms with Gasteiger partial charge in [-0.15, -0.1) is 0 Å². The number of esters is 1. The van der Waals surface area contributed by atoms with E-state index in [0.717, 1.165) is 6.08 Å². The molecule has 0 aliphatic carbocycles. The van der Waals surface area contributed by atoms with Crippen molar-refractivity contribution in [2.24, 2.45) is 0 Å². The number of rotatable bonds is 8. The summed E-state index contributed by atoms with van der Waals surface area (Å²) in [5.74, 6) is -1.59. The van der Waals surface area contributed by atoms with Crippen LogP contribution in [0.4, 0.5) is 11.4 Å². The molecule has 0 spiro atoms. The number of fused-ring (bicyclic) bond motifs is 1. The number of carbonyl (C=O) groups is 3. The van der Waals surface area contributed by atoms with Crippen LogP contribution in [0.1, 0.15) is 19.4 Å². The van der Waals surface area contributed by atoms with Gasteiger partial charge >= 0.3 is 5.97 Å². The van der Waals surface area contributed by atoms with E-state index in [1.165, 1.54) is 27.4 Å². The first-order valence-electron chi connectivity index (χ1n) is 10.4. The van der Waals surface area contributed by atoms with Crippen LogP contribution >= 0.6 is 0 Å². The molecule has 0 saturated carbocycles. The lowest BCUT2D eigenvalue weighted by atomic mass is 10.2. The summed E-state index contributed by atoms with van der Waals surface area (Å²) in [6.07, 6.45) is 2.61. The second-order valence-corrected chi connectivity index (χ2v) is 9.08. The highest BCUT2D eigenvalue weighted by atomic mass is 32.2. The second kappa shape index (κ2) is 10.4. The van der Waals surface area contributed by atoms with Crippen molar-refractivity contribution in [1.29, 1.82) is 0 Å². The lowest BCUT2D eigenvalue weighted by molar-refractivity contribution is -0.143. The van der Waals surface area contributed by atoms with Crippen molar-refractivity contribution in [1.82, 2.24) is 4.31 Å². The Morgan fingerprint density at radius 2 is 1.76 bits per heavy atom. The molecule has 0 bridgehead atoms. The normalized spacial score (nSPS) is 13.7. The molecule has 1 aliphatic heterocycles. The van der Waals surface area contributed by atoms with Crippen molar-refractivity contribution >= 4 is 45.3 Å². The molecule has 33 heavy (non-hydrogen) atoms. The van der Waals surface area contributed by atoms with Crippen LogP contribution in [0.3, 0.4) is 0 Å². The predicted molar refractivity (Wildman–Crippen MR) is 124 cm³/mol. The summed E-state index contributed by atoms with van der Waals surface area (Å²) in [7, 11) is -3.56. The number of para-hydroxylation sites is 2. The lowest BCUT2D eigenvalue weighted by Gasteiger charge is -2.28. The molecule has 174 valence electrons. The zero-order valence-electron chi connectivity index (χ0n) is 18.4. The van der Waals surface area contributed by atoms with Gasteiger partial charge in [0.2, 0.25) is 15.9 Å². The van der Waals surface area contributed by atoms with Crippen LogP contribution < -0.4 is 10.2 Å². The summed E-state index contributed by atoms with van der Waals surface area (Å²) in [6.45, 7) is 3.61. The summed E-state index contributed by atoms with van der Waals surface area (Å²) < 4.78 is 31.4. The maximum absolute atomic E-state index is 12.5. The number of amides is 2. The van der Waals surface area contributed by atoms with Crippen molar-refractivity contribution in [3.05, 3.63) is 60.2 Å². The highest BCUT2D eigenvalue weighted by molar-refractivity contribution is 7.89. The number of nitrogens with one attached hydrogen (secondary N) is 1. The molecule has 1 aliphatic rings. The van der Waals surface area contributed by atoms with Gasteiger partial charge < -0.3 is 10.1 Å². The average molecular weight is 472 g/mol. The number of anilines is 2. The Morgan fingerprint density at radius 3 is 2.42 bits per heavy atom. The van der Waals surface area contributed by atoms with Crippen molar-refractivity contribution < 1.29 is 27.5 Å². The first kappa shape index (κ1) is 24.1. The van der Waals surface area contributed by atoms with Crippen LogP contribution in [0.25, 0.3) is 6.08 Å². The third-order valence-corrected chi connectivity index (χ3v) is 7.11. The van der Waals surface area contributed by atoms with Gasteiger partial charge in [0.1, 0.15) is 6.54 Å². The standard InChI is InChI=1S/C23H25N3O6S/c1-3-25(4-2)33(30,31)18-12-9-17(10-13-18)11-14-23(29)32-16-22(28)26-15-21(27)24-19-7-5-6-8-20(19)26/h5-14H,3-4,15-16H2,1-2H3,(H,24,27). The first-order valence-corrected chi connectivity index (χ1v) is 11.8. The molecular formula is C23H25N3O6S. The van der Waals surface area contributed by atoms with Gasteiger partial charge in [0, 0.05) is 19.2 Å². The molecule has 2 aromatic rings. The Balaban J connectivity index is 1.59. The largest absolute Gasteiger partial charge is 0.452 e. The Kier molecular flexibility index (Phi) is 7.62. The molecule has 9 nitrogen and oxygen atoms in total. The van der Waals surface area contributed by atoms with E-state index >= 15 is 0 Å². The van der Waals surface area contributed by atoms with Gasteiger partial charge in [-0.25, -0.2) is 13.2 Å². The van der Waals surface area contributed by atoms with E-state index in [0.29, 0.717) is 30.0 Å². The molecule has 1 N–H and O–H groups in total. The second-order valence-electron chi connectivity index (χ2n) is 7.14. The lowest BCUT2D eigenvalue weighted by Crippen LogP contribution is -2.43. The van der Waals surface area contributed by atoms with Gasteiger partial charge in [0.05, 0.1) is 16.3 Å². The van der Waals surface area contributed by atoms with Crippen LogP contribution in [-0.4, -0.2) is 56.7 Å². The van der Waals surface area contributed by atoms with Gasteiger partial charge in [-0.1, -0.05) is 38.1 Å². The molecule has 3 rings (SSSR count). The third-order valence-electron chi connectivity index (χ3n) is 5.04. The van der Waals surface area contributed by atoms with Crippen LogP contribution in [-0.2, 0) is 29.1 Å². The fourth-order valence-electron chi connectivity index (χ4n) is 3.34. The number of nitrogens with zero attached hydrogens (tertiary/aromatic N) is 2. The van der Waals surface area contributed by atoms with Crippen LogP contribution in [0.5, 0.6) is 0 Å². The minimum atomic E-state index is -3.56. The van der Waals surface area contributed by atoms with Crippen LogP contribution in [0.15, 0.2) is 59.5 Å². The topological polar surface area (TPSA) is 113 Å². The third kappa shape index (κ3) is 5.65. The Labute approximate surface area is 192 Å². The molecule has 0 unspecified atom stereocenters. The molecule has 1 heterocycles. The van der Waals surface area contributed by atoms with Crippen molar-refractivity contribution in [3.8, 4) is 0 Å². The molecule has 0 atom stereocenters. The Morgan fingerprint density at radius 1 is 1.09 bits per heavy atom. The van der Waals surface area contributed by atoms with Gasteiger partial charge in [-0.3, -0.25) is 14.5 Å². The molecule has 0 radical (unpaired) electrons. The minimum absolute atomic E-state index is 0.161. The molecule has 0 saturated heterocycles. The maximum atomic E-state index is 12.5. The summed E-state index contributed by atoms with van der Waals surface area (Å²) in [6, 6.07) is 13.0. The number of hydrogen-bond acceptors (Lipinski definition) is 6. The van der Waals surface area contributed by atoms with E-state index < -0.39 is 28.5 Å². The zero-order valence-corrected chi connectivity index (χ0v) is 19.2. The fourth-order valence-corrected chi connectivity index (χ4v) is 4.80. The van der Waals surface area contributed by atoms with Gasteiger partial charge in [-0.05, 0) is 35.9 Å². The van der Waals surface area contributed by atoms with Gasteiger partial charge in [0.15, 0.2) is 6.61 Å². The number of benzene rings is 2. The van der Waals surface area contributed by atoms with Crippen LogP contribution in [0, 0.1) is 0 Å². The van der Waals surface area contributed by atoms with Crippen molar-refractivity contribution in [2.45, 2.75) is 18.7 Å². The van der Waals surface area contributed by atoms with Crippen LogP contribution in [0.2, 0.25) is 0 Å².